The molecule has 100 valence electrons. The zero-order valence-corrected chi connectivity index (χ0v) is 12.4. The zero-order chi connectivity index (χ0) is 13.1. The number of ether oxygens (including phenoxy) is 1. The summed E-state index contributed by atoms with van der Waals surface area (Å²) in [6, 6.07) is 5.44. The Morgan fingerprint density at radius 3 is 2.89 bits per heavy atom. The van der Waals surface area contributed by atoms with Crippen LogP contribution in [0.4, 0.5) is 10.1 Å². The van der Waals surface area contributed by atoms with Crippen LogP contribution >= 0.6 is 15.9 Å². The first-order valence-corrected chi connectivity index (χ1v) is 7.40. The van der Waals surface area contributed by atoms with Gasteiger partial charge in [0.1, 0.15) is 5.82 Å². The van der Waals surface area contributed by atoms with E-state index in [-0.39, 0.29) is 11.9 Å². The van der Waals surface area contributed by atoms with Crippen LogP contribution in [-0.2, 0) is 10.1 Å². The fourth-order valence-electron chi connectivity index (χ4n) is 2.45. The summed E-state index contributed by atoms with van der Waals surface area (Å²) in [6.45, 7) is 3.85. The topological polar surface area (TPSA) is 12.5 Å². The molecule has 2 atom stereocenters. The van der Waals surface area contributed by atoms with Crippen molar-refractivity contribution in [1.29, 1.82) is 0 Å². The van der Waals surface area contributed by atoms with Crippen LogP contribution in [0.3, 0.4) is 0 Å². The van der Waals surface area contributed by atoms with Gasteiger partial charge in [0.2, 0.25) is 0 Å². The number of anilines is 1. The molecule has 0 aromatic heterocycles. The molecule has 1 saturated heterocycles. The van der Waals surface area contributed by atoms with Crippen LogP contribution in [0.2, 0.25) is 0 Å². The van der Waals surface area contributed by atoms with Crippen LogP contribution in [0, 0.1) is 11.7 Å². The van der Waals surface area contributed by atoms with Crippen molar-refractivity contribution in [3.05, 3.63) is 29.6 Å². The van der Waals surface area contributed by atoms with Crippen LogP contribution in [-0.4, -0.2) is 26.3 Å². The molecule has 0 amide bonds. The Morgan fingerprint density at radius 2 is 2.28 bits per heavy atom. The predicted molar refractivity (Wildman–Crippen MR) is 75.8 cm³/mol. The van der Waals surface area contributed by atoms with Crippen molar-refractivity contribution in [1.82, 2.24) is 0 Å². The summed E-state index contributed by atoms with van der Waals surface area (Å²) in [5.74, 6) is 0.396. The molecule has 18 heavy (non-hydrogen) atoms. The van der Waals surface area contributed by atoms with Crippen LogP contribution in [0.15, 0.2) is 18.2 Å². The van der Waals surface area contributed by atoms with Gasteiger partial charge in [-0.2, -0.15) is 0 Å². The second kappa shape index (κ2) is 6.02. The Kier molecular flexibility index (Phi) is 4.62. The Bertz CT molecular complexity index is 413. The molecule has 0 aliphatic carbocycles. The number of hydrogen-bond acceptors (Lipinski definition) is 2. The van der Waals surface area contributed by atoms with Gasteiger partial charge in [0, 0.05) is 25.5 Å². The van der Waals surface area contributed by atoms with E-state index in [2.05, 4.69) is 27.8 Å². The second-order valence-electron chi connectivity index (χ2n) is 4.91. The lowest BCUT2D eigenvalue weighted by Crippen LogP contribution is -2.44. The third-order valence-electron chi connectivity index (χ3n) is 3.70. The molecule has 2 unspecified atom stereocenters. The van der Waals surface area contributed by atoms with Crippen molar-refractivity contribution in [2.45, 2.75) is 24.8 Å². The minimum Gasteiger partial charge on any atom is -0.379 e. The van der Waals surface area contributed by atoms with E-state index in [1.165, 1.54) is 0 Å². The first-order chi connectivity index (χ1) is 8.65. The second-order valence-corrected chi connectivity index (χ2v) is 5.47. The largest absolute Gasteiger partial charge is 0.379 e. The van der Waals surface area contributed by atoms with E-state index in [4.69, 9.17) is 4.74 Å². The molecule has 1 aliphatic heterocycles. The number of hydrogen-bond donors (Lipinski definition) is 0. The molecule has 2 nitrogen and oxygen atoms in total. The number of alkyl halides is 1. The molecule has 0 saturated carbocycles. The average Bonchev–Trinajstić information content (AvgIpc) is 2.39. The maximum atomic E-state index is 14.0. The number of piperidine rings is 1. The fraction of sp³-hybridized carbons (Fsp3) is 0.571. The van der Waals surface area contributed by atoms with Crippen LogP contribution in [0.25, 0.3) is 0 Å². The number of methoxy groups -OCH3 is 1. The quantitative estimate of drug-likeness (QED) is 0.790. The molecule has 1 aromatic carbocycles. The van der Waals surface area contributed by atoms with Gasteiger partial charge in [-0.1, -0.05) is 28.9 Å². The Labute approximate surface area is 116 Å². The monoisotopic (exact) mass is 315 g/mol. The molecule has 1 aromatic rings. The molecule has 0 spiro atoms. The number of rotatable bonds is 3. The minimum atomic E-state index is -0.142. The lowest BCUT2D eigenvalue weighted by Gasteiger charge is -2.37. The van der Waals surface area contributed by atoms with Gasteiger partial charge in [-0.25, -0.2) is 4.39 Å². The van der Waals surface area contributed by atoms with Gasteiger partial charge in [0.15, 0.2) is 0 Å². The highest BCUT2D eigenvalue weighted by molar-refractivity contribution is 9.08. The van der Waals surface area contributed by atoms with E-state index in [0.717, 1.165) is 25.1 Å². The van der Waals surface area contributed by atoms with Crippen molar-refractivity contribution in [3.8, 4) is 0 Å². The number of halogens is 2. The molecule has 4 heteroatoms. The summed E-state index contributed by atoms with van der Waals surface area (Å²) in [5.41, 5.74) is 1.65. The molecular formula is C14H19BrFNO. The van der Waals surface area contributed by atoms with Crippen molar-refractivity contribution in [2.24, 2.45) is 5.92 Å². The van der Waals surface area contributed by atoms with Gasteiger partial charge in [-0.05, 0) is 30.0 Å². The summed E-state index contributed by atoms with van der Waals surface area (Å²) >= 11 is 3.34. The average molecular weight is 316 g/mol. The molecule has 1 aliphatic rings. The molecule has 0 radical (unpaired) electrons. The lowest BCUT2D eigenvalue weighted by molar-refractivity contribution is 0.0497. The summed E-state index contributed by atoms with van der Waals surface area (Å²) in [4.78, 5) is 2.08. The summed E-state index contributed by atoms with van der Waals surface area (Å²) < 4.78 is 19.5. The van der Waals surface area contributed by atoms with Crippen LogP contribution in [0.5, 0.6) is 0 Å². The maximum Gasteiger partial charge on any atom is 0.146 e. The molecule has 1 heterocycles. The smallest absolute Gasteiger partial charge is 0.146 e. The molecular weight excluding hydrogens is 297 g/mol. The first-order valence-electron chi connectivity index (χ1n) is 6.28. The maximum absolute atomic E-state index is 14.0. The third-order valence-corrected chi connectivity index (χ3v) is 4.35. The third kappa shape index (κ3) is 2.86. The molecule has 0 N–H and O–H groups in total. The van der Waals surface area contributed by atoms with E-state index in [0.29, 0.717) is 16.9 Å². The summed E-state index contributed by atoms with van der Waals surface area (Å²) in [5, 5.41) is 0.682. The molecule has 1 fully saturated rings. The highest BCUT2D eigenvalue weighted by Crippen LogP contribution is 2.27. The Morgan fingerprint density at radius 1 is 1.50 bits per heavy atom. The van der Waals surface area contributed by atoms with E-state index in [1.54, 1.807) is 13.2 Å². The number of benzene rings is 1. The van der Waals surface area contributed by atoms with Crippen molar-refractivity contribution in [2.75, 3.05) is 25.1 Å². The number of nitrogens with zero attached hydrogens (tertiary/aromatic N) is 1. The van der Waals surface area contributed by atoms with E-state index in [9.17, 15) is 4.39 Å². The summed E-state index contributed by atoms with van der Waals surface area (Å²) in [7, 11) is 1.73. The van der Waals surface area contributed by atoms with Crippen LogP contribution < -0.4 is 4.90 Å². The Balaban J connectivity index is 2.16. The SMILES string of the molecule is COC1CN(c2ccc(CBr)cc2F)CCC1C. The van der Waals surface area contributed by atoms with Crippen molar-refractivity contribution >= 4 is 21.6 Å². The van der Waals surface area contributed by atoms with E-state index >= 15 is 0 Å². The van der Waals surface area contributed by atoms with Gasteiger partial charge < -0.3 is 9.64 Å². The normalized spacial score (nSPS) is 24.3. The predicted octanol–water partition coefficient (Wildman–Crippen LogP) is 3.58. The fourth-order valence-corrected chi connectivity index (χ4v) is 2.80. The van der Waals surface area contributed by atoms with E-state index < -0.39 is 0 Å². The lowest BCUT2D eigenvalue weighted by atomic mass is 9.95. The van der Waals surface area contributed by atoms with Crippen LogP contribution in [0.1, 0.15) is 18.9 Å². The van der Waals surface area contributed by atoms with E-state index in [1.807, 2.05) is 12.1 Å². The van der Waals surface area contributed by atoms with Gasteiger partial charge in [0.05, 0.1) is 11.8 Å². The van der Waals surface area contributed by atoms with Crippen molar-refractivity contribution < 1.29 is 9.13 Å². The minimum absolute atomic E-state index is 0.142. The van der Waals surface area contributed by atoms with Gasteiger partial charge in [-0.3, -0.25) is 0 Å². The zero-order valence-electron chi connectivity index (χ0n) is 10.8. The molecule has 2 rings (SSSR count). The van der Waals surface area contributed by atoms with Crippen molar-refractivity contribution in [3.63, 3.8) is 0 Å². The van der Waals surface area contributed by atoms with Gasteiger partial charge >= 0.3 is 0 Å². The first kappa shape index (κ1) is 13.8. The highest BCUT2D eigenvalue weighted by Gasteiger charge is 2.27. The highest BCUT2D eigenvalue weighted by atomic mass is 79.9. The van der Waals surface area contributed by atoms with Gasteiger partial charge in [0.25, 0.3) is 0 Å². The summed E-state index contributed by atoms with van der Waals surface area (Å²) in [6.07, 6.45) is 1.23. The Hall–Kier alpha value is -0.610. The van der Waals surface area contributed by atoms with Gasteiger partial charge in [-0.15, -0.1) is 0 Å². The standard InChI is InChI=1S/C14H19BrFNO/c1-10-5-6-17(9-14(10)18-2)13-4-3-11(8-15)7-12(13)16/h3-4,7,10,14H,5-6,8-9H2,1-2H3. The molecule has 0 bridgehead atoms.